The Hall–Kier alpha value is -3.08. The third-order valence-corrected chi connectivity index (χ3v) is 6.54. The molecule has 1 aliphatic rings. The number of anilines is 1. The van der Waals surface area contributed by atoms with Crippen molar-refractivity contribution >= 4 is 11.6 Å². The molecule has 32 heavy (non-hydrogen) atoms. The number of nitrogens with zero attached hydrogens (tertiary/aromatic N) is 3. The van der Waals surface area contributed by atoms with Crippen molar-refractivity contribution in [3.8, 4) is 0 Å². The third-order valence-electron chi connectivity index (χ3n) is 6.54. The summed E-state index contributed by atoms with van der Waals surface area (Å²) < 4.78 is 1.99. The van der Waals surface area contributed by atoms with Gasteiger partial charge in [0, 0.05) is 30.0 Å². The van der Waals surface area contributed by atoms with Crippen molar-refractivity contribution in [3.63, 3.8) is 0 Å². The lowest BCUT2D eigenvalue weighted by molar-refractivity contribution is 0.0940. The van der Waals surface area contributed by atoms with E-state index in [0.717, 1.165) is 41.5 Å². The van der Waals surface area contributed by atoms with Crippen LogP contribution in [0.1, 0.15) is 65.6 Å². The van der Waals surface area contributed by atoms with Crippen molar-refractivity contribution < 1.29 is 4.79 Å². The fourth-order valence-electron chi connectivity index (χ4n) is 4.37. The van der Waals surface area contributed by atoms with Gasteiger partial charge in [-0.1, -0.05) is 31.2 Å². The fourth-order valence-corrected chi connectivity index (χ4v) is 4.37. The summed E-state index contributed by atoms with van der Waals surface area (Å²) in [4.78, 5) is 15.2. The van der Waals surface area contributed by atoms with Gasteiger partial charge < -0.3 is 10.2 Å². The highest BCUT2D eigenvalue weighted by atomic mass is 16.1. The Morgan fingerprint density at radius 1 is 1.06 bits per heavy atom. The van der Waals surface area contributed by atoms with Gasteiger partial charge in [0.05, 0.1) is 18.3 Å². The van der Waals surface area contributed by atoms with Crippen LogP contribution in [0.25, 0.3) is 0 Å². The van der Waals surface area contributed by atoms with Crippen LogP contribution in [0.15, 0.2) is 54.6 Å². The zero-order chi connectivity index (χ0) is 22.7. The second kappa shape index (κ2) is 9.60. The average Bonchev–Trinajstić information content (AvgIpc) is 3.11. The van der Waals surface area contributed by atoms with E-state index in [1.54, 1.807) is 0 Å². The lowest BCUT2D eigenvalue weighted by Crippen LogP contribution is -2.32. The highest BCUT2D eigenvalue weighted by Crippen LogP contribution is 2.24. The van der Waals surface area contributed by atoms with Gasteiger partial charge in [-0.3, -0.25) is 9.48 Å². The summed E-state index contributed by atoms with van der Waals surface area (Å²) in [6.07, 6.45) is 2.52. The summed E-state index contributed by atoms with van der Waals surface area (Å²) in [5.41, 5.74) is 6.35. The van der Waals surface area contributed by atoms with Gasteiger partial charge in [0.1, 0.15) is 0 Å². The van der Waals surface area contributed by atoms with E-state index in [0.29, 0.717) is 12.1 Å². The number of aryl methyl sites for hydroxylation is 2. The monoisotopic (exact) mass is 430 g/mol. The van der Waals surface area contributed by atoms with Crippen molar-refractivity contribution in [3.05, 3.63) is 82.7 Å². The van der Waals surface area contributed by atoms with Crippen molar-refractivity contribution in [1.82, 2.24) is 15.1 Å². The Morgan fingerprint density at radius 2 is 1.72 bits per heavy atom. The van der Waals surface area contributed by atoms with E-state index >= 15 is 0 Å². The summed E-state index contributed by atoms with van der Waals surface area (Å²) in [7, 11) is 0. The molecule has 5 nitrogen and oxygen atoms in total. The number of rotatable bonds is 6. The van der Waals surface area contributed by atoms with E-state index in [-0.39, 0.29) is 11.9 Å². The average molecular weight is 431 g/mol. The van der Waals surface area contributed by atoms with E-state index in [1.165, 1.54) is 18.5 Å². The van der Waals surface area contributed by atoms with Crippen molar-refractivity contribution in [1.29, 1.82) is 0 Å². The number of piperidine rings is 1. The molecule has 0 aliphatic carbocycles. The molecule has 3 aromatic rings. The van der Waals surface area contributed by atoms with Crippen LogP contribution in [0, 0.1) is 19.8 Å². The standard InChI is InChI=1S/C27H34N4O/c1-19-13-15-30(16-14-19)26-11-9-24(10-12-26)22(4)28-27(32)25-7-5-23(6-8-25)18-31-21(3)17-20(2)29-31/h5-12,17,19,22H,13-16,18H2,1-4H3,(H,28,32)/t22-/m0/s1. The molecule has 1 fully saturated rings. The van der Waals surface area contributed by atoms with Gasteiger partial charge in [0.2, 0.25) is 0 Å². The number of benzene rings is 2. The molecule has 0 spiro atoms. The first-order valence-corrected chi connectivity index (χ1v) is 11.6. The first-order chi connectivity index (χ1) is 15.4. The van der Waals surface area contributed by atoms with Gasteiger partial charge >= 0.3 is 0 Å². The van der Waals surface area contributed by atoms with Gasteiger partial charge in [0.25, 0.3) is 5.91 Å². The zero-order valence-electron chi connectivity index (χ0n) is 19.6. The molecule has 0 unspecified atom stereocenters. The SMILES string of the molecule is Cc1cc(C)n(Cc2ccc(C(=O)N[C@@H](C)c3ccc(N4CCC(C)CC4)cc3)cc2)n1. The van der Waals surface area contributed by atoms with Crippen LogP contribution in [0.3, 0.4) is 0 Å². The fraction of sp³-hybridized carbons (Fsp3) is 0.407. The highest BCUT2D eigenvalue weighted by molar-refractivity contribution is 5.94. The first-order valence-electron chi connectivity index (χ1n) is 11.6. The molecule has 2 aromatic carbocycles. The van der Waals surface area contributed by atoms with Crippen LogP contribution in [0.5, 0.6) is 0 Å². The Bertz CT molecular complexity index is 1040. The second-order valence-corrected chi connectivity index (χ2v) is 9.24. The number of hydrogen-bond donors (Lipinski definition) is 1. The summed E-state index contributed by atoms with van der Waals surface area (Å²) in [6.45, 7) is 11.4. The Balaban J connectivity index is 1.34. The smallest absolute Gasteiger partial charge is 0.251 e. The van der Waals surface area contributed by atoms with Crippen LogP contribution in [0.2, 0.25) is 0 Å². The van der Waals surface area contributed by atoms with E-state index in [9.17, 15) is 4.79 Å². The minimum atomic E-state index is -0.0516. The molecule has 4 rings (SSSR count). The van der Waals surface area contributed by atoms with Crippen molar-refractivity contribution in [2.75, 3.05) is 18.0 Å². The highest BCUT2D eigenvalue weighted by Gasteiger charge is 2.17. The molecule has 168 valence electrons. The molecule has 1 saturated heterocycles. The van der Waals surface area contributed by atoms with Gasteiger partial charge in [-0.05, 0) is 81.0 Å². The normalized spacial score (nSPS) is 15.6. The summed E-state index contributed by atoms with van der Waals surface area (Å²) in [5, 5.41) is 7.64. The molecular formula is C27H34N4O. The molecular weight excluding hydrogens is 396 g/mol. The lowest BCUT2D eigenvalue weighted by Gasteiger charge is -2.32. The largest absolute Gasteiger partial charge is 0.372 e. The van der Waals surface area contributed by atoms with Crippen LogP contribution < -0.4 is 10.2 Å². The molecule has 1 aromatic heterocycles. The Labute approximate surface area is 191 Å². The van der Waals surface area contributed by atoms with Crippen molar-refractivity contribution in [2.45, 2.75) is 53.1 Å². The molecule has 2 heterocycles. The lowest BCUT2D eigenvalue weighted by atomic mass is 9.98. The van der Waals surface area contributed by atoms with E-state index in [1.807, 2.05) is 42.8 Å². The first kappa shape index (κ1) is 22.1. The predicted octanol–water partition coefficient (Wildman–Crippen LogP) is 5.28. The van der Waals surface area contributed by atoms with Gasteiger partial charge in [0.15, 0.2) is 0 Å². The van der Waals surface area contributed by atoms with Crippen molar-refractivity contribution in [2.24, 2.45) is 5.92 Å². The topological polar surface area (TPSA) is 50.2 Å². The van der Waals surface area contributed by atoms with Crippen LogP contribution >= 0.6 is 0 Å². The number of carbonyl (C=O) groups is 1. The predicted molar refractivity (Wildman–Crippen MR) is 130 cm³/mol. The maximum atomic E-state index is 12.8. The van der Waals surface area contributed by atoms with E-state index in [2.05, 4.69) is 59.5 Å². The van der Waals surface area contributed by atoms with Crippen LogP contribution in [0.4, 0.5) is 5.69 Å². The Morgan fingerprint density at radius 3 is 2.31 bits per heavy atom. The quantitative estimate of drug-likeness (QED) is 0.579. The van der Waals surface area contributed by atoms with Gasteiger partial charge in [-0.15, -0.1) is 0 Å². The Kier molecular flexibility index (Phi) is 6.63. The van der Waals surface area contributed by atoms with Crippen LogP contribution in [-0.2, 0) is 6.54 Å². The second-order valence-electron chi connectivity index (χ2n) is 9.24. The van der Waals surface area contributed by atoms with E-state index in [4.69, 9.17) is 0 Å². The summed E-state index contributed by atoms with van der Waals surface area (Å²) in [5.74, 6) is 0.776. The molecule has 5 heteroatoms. The zero-order valence-corrected chi connectivity index (χ0v) is 19.6. The molecule has 1 atom stereocenters. The number of hydrogen-bond acceptors (Lipinski definition) is 3. The molecule has 0 bridgehead atoms. The minimum Gasteiger partial charge on any atom is -0.372 e. The number of amides is 1. The summed E-state index contributed by atoms with van der Waals surface area (Å²) >= 11 is 0. The molecule has 0 saturated carbocycles. The van der Waals surface area contributed by atoms with Gasteiger partial charge in [-0.25, -0.2) is 0 Å². The summed E-state index contributed by atoms with van der Waals surface area (Å²) in [6, 6.07) is 18.5. The molecule has 1 aliphatic heterocycles. The maximum Gasteiger partial charge on any atom is 0.251 e. The number of carbonyl (C=O) groups excluding carboxylic acids is 1. The molecule has 0 radical (unpaired) electrons. The van der Waals surface area contributed by atoms with Crippen LogP contribution in [-0.4, -0.2) is 28.8 Å². The molecule has 1 N–H and O–H groups in total. The maximum absolute atomic E-state index is 12.8. The van der Waals surface area contributed by atoms with E-state index < -0.39 is 0 Å². The number of nitrogens with one attached hydrogen (secondary N) is 1. The molecule has 1 amide bonds. The number of aromatic nitrogens is 2. The third kappa shape index (κ3) is 5.21. The van der Waals surface area contributed by atoms with Gasteiger partial charge in [-0.2, -0.15) is 5.10 Å². The minimum absolute atomic E-state index is 0.0488.